The Labute approximate surface area is 177 Å². The highest BCUT2D eigenvalue weighted by molar-refractivity contribution is 7.89. The van der Waals surface area contributed by atoms with Gasteiger partial charge in [-0.3, -0.25) is 0 Å². The van der Waals surface area contributed by atoms with E-state index in [1.54, 1.807) is 13.8 Å². The third kappa shape index (κ3) is 5.83. The fraction of sp³-hybridized carbons (Fsp3) is 0.474. The number of aromatic nitrogens is 2. The fourth-order valence-electron chi connectivity index (χ4n) is 3.12. The molecule has 1 aliphatic rings. The number of nitrogens with zero attached hydrogens (tertiary/aromatic N) is 2. The van der Waals surface area contributed by atoms with Gasteiger partial charge in [0.25, 0.3) is 0 Å². The zero-order valence-electron chi connectivity index (χ0n) is 16.8. The van der Waals surface area contributed by atoms with E-state index in [1.807, 2.05) is 0 Å². The summed E-state index contributed by atoms with van der Waals surface area (Å²) >= 11 is 0. The zero-order chi connectivity index (χ0) is 22.8. The van der Waals surface area contributed by atoms with Gasteiger partial charge in [-0.1, -0.05) is 0 Å². The summed E-state index contributed by atoms with van der Waals surface area (Å²) in [4.78, 5) is 7.57. The molecule has 1 aromatic heterocycles. The Kier molecular flexibility index (Phi) is 6.72. The van der Waals surface area contributed by atoms with Gasteiger partial charge in [0.1, 0.15) is 11.7 Å². The second-order valence-corrected chi connectivity index (χ2v) is 9.20. The lowest BCUT2D eigenvalue weighted by Crippen LogP contribution is -2.30. The van der Waals surface area contributed by atoms with E-state index in [1.165, 1.54) is 24.3 Å². The summed E-state index contributed by atoms with van der Waals surface area (Å²) in [6.45, 7) is 3.39. The predicted molar refractivity (Wildman–Crippen MR) is 106 cm³/mol. The Bertz CT molecular complexity index is 1010. The van der Waals surface area contributed by atoms with Gasteiger partial charge < -0.3 is 15.2 Å². The number of alkyl halides is 3. The first kappa shape index (κ1) is 23.2. The normalized spacial score (nSPS) is 19.6. The Balaban J connectivity index is 1.82. The highest BCUT2D eigenvalue weighted by atomic mass is 32.2. The van der Waals surface area contributed by atoms with E-state index >= 15 is 0 Å². The minimum atomic E-state index is -4.73. The maximum absolute atomic E-state index is 13.3. The van der Waals surface area contributed by atoms with Crippen molar-refractivity contribution in [1.82, 2.24) is 14.7 Å². The molecule has 0 radical (unpaired) electrons. The number of hydrogen-bond donors (Lipinski definition) is 3. The molecule has 3 N–H and O–H groups in total. The molecule has 2 aromatic rings. The van der Waals surface area contributed by atoms with Gasteiger partial charge in [-0.2, -0.15) is 18.2 Å². The van der Waals surface area contributed by atoms with Gasteiger partial charge in [-0.25, -0.2) is 18.1 Å². The molecule has 31 heavy (non-hydrogen) atoms. The number of ether oxygens (including phenoxy) is 1. The monoisotopic (exact) mass is 460 g/mol. The smallest absolute Gasteiger partial charge is 0.423 e. The summed E-state index contributed by atoms with van der Waals surface area (Å²) in [5.41, 5.74) is -0.770. The van der Waals surface area contributed by atoms with Crippen LogP contribution in [0.2, 0.25) is 0 Å². The van der Waals surface area contributed by atoms with E-state index in [-0.39, 0.29) is 16.9 Å². The maximum atomic E-state index is 13.3. The van der Waals surface area contributed by atoms with E-state index in [9.17, 15) is 26.7 Å². The third-order valence-electron chi connectivity index (χ3n) is 4.55. The quantitative estimate of drug-likeness (QED) is 0.581. The number of aliphatic hydroxyl groups excluding tert-OH is 1. The van der Waals surface area contributed by atoms with Crippen LogP contribution in [-0.2, 0) is 16.2 Å². The van der Waals surface area contributed by atoms with Crippen LogP contribution in [0.5, 0.6) is 5.88 Å². The Hall–Kier alpha value is -2.44. The largest absolute Gasteiger partial charge is 0.471 e. The molecule has 1 heterocycles. The lowest BCUT2D eigenvalue weighted by atomic mass is 10.2. The molecule has 12 heteroatoms. The summed E-state index contributed by atoms with van der Waals surface area (Å²) in [5, 5.41) is 12.6. The molecule has 170 valence electrons. The van der Waals surface area contributed by atoms with E-state index in [0.717, 1.165) is 0 Å². The predicted octanol–water partition coefficient (Wildman–Crippen LogP) is 3.22. The van der Waals surface area contributed by atoms with Crippen molar-refractivity contribution in [2.75, 3.05) is 5.32 Å². The average molecular weight is 460 g/mol. The average Bonchev–Trinajstić information content (AvgIpc) is 3.05. The van der Waals surface area contributed by atoms with Crippen LogP contribution in [0.4, 0.5) is 24.8 Å². The molecule has 1 aromatic carbocycles. The highest BCUT2D eigenvalue weighted by Crippen LogP contribution is 2.37. The molecule has 2 atom stereocenters. The Morgan fingerprint density at radius 3 is 2.42 bits per heavy atom. The second-order valence-electron chi connectivity index (χ2n) is 7.49. The first-order chi connectivity index (χ1) is 14.5. The van der Waals surface area contributed by atoms with Crippen LogP contribution in [-0.4, -0.2) is 41.7 Å². The standard InChI is InChI=1S/C19H23F3N4O4S/c1-11(2)26-31(28,29)13-8-6-12(7-9-13)24-18-23-10-14(19(20,21)22)17(25-18)30-16-5-3-4-15(16)27/h6-11,15-16,26-27H,3-5H2,1-2H3,(H,23,24,25)/t15-,16+/m0/s1. The van der Waals surface area contributed by atoms with Crippen molar-refractivity contribution in [3.8, 4) is 5.88 Å². The van der Waals surface area contributed by atoms with E-state index < -0.39 is 39.9 Å². The summed E-state index contributed by atoms with van der Waals surface area (Å²) in [7, 11) is -3.67. The van der Waals surface area contributed by atoms with Crippen molar-refractivity contribution in [2.45, 2.75) is 62.4 Å². The van der Waals surface area contributed by atoms with Gasteiger partial charge in [-0.05, 0) is 57.4 Å². The highest BCUT2D eigenvalue weighted by Gasteiger charge is 2.38. The number of aliphatic hydroxyl groups is 1. The molecule has 1 aliphatic carbocycles. The van der Waals surface area contributed by atoms with Gasteiger partial charge >= 0.3 is 6.18 Å². The minimum absolute atomic E-state index is 0.0410. The van der Waals surface area contributed by atoms with Crippen molar-refractivity contribution < 1.29 is 31.4 Å². The fourth-order valence-corrected chi connectivity index (χ4v) is 4.37. The molecule has 0 aliphatic heterocycles. The maximum Gasteiger partial charge on any atom is 0.423 e. The van der Waals surface area contributed by atoms with Crippen molar-refractivity contribution in [2.24, 2.45) is 0 Å². The first-order valence-corrected chi connectivity index (χ1v) is 11.1. The SMILES string of the molecule is CC(C)NS(=O)(=O)c1ccc(Nc2ncc(C(F)(F)F)c(O[C@@H]3CCC[C@@H]3O)n2)cc1. The lowest BCUT2D eigenvalue weighted by Gasteiger charge is -2.20. The van der Waals surface area contributed by atoms with Crippen molar-refractivity contribution in [3.05, 3.63) is 36.0 Å². The van der Waals surface area contributed by atoms with Crippen molar-refractivity contribution in [1.29, 1.82) is 0 Å². The van der Waals surface area contributed by atoms with Crippen LogP contribution >= 0.6 is 0 Å². The molecule has 0 amide bonds. The molecule has 1 saturated carbocycles. The number of nitrogens with one attached hydrogen (secondary N) is 2. The van der Waals surface area contributed by atoms with Gasteiger partial charge in [0, 0.05) is 17.9 Å². The third-order valence-corrected chi connectivity index (χ3v) is 6.23. The van der Waals surface area contributed by atoms with Crippen LogP contribution in [0.1, 0.15) is 38.7 Å². The number of rotatable bonds is 7. The number of benzene rings is 1. The van der Waals surface area contributed by atoms with Crippen LogP contribution in [0.3, 0.4) is 0 Å². The lowest BCUT2D eigenvalue weighted by molar-refractivity contribution is -0.140. The second kappa shape index (κ2) is 8.97. The number of anilines is 2. The van der Waals surface area contributed by atoms with Gasteiger partial charge in [0.2, 0.25) is 21.9 Å². The zero-order valence-corrected chi connectivity index (χ0v) is 17.7. The van der Waals surface area contributed by atoms with Crippen LogP contribution in [0, 0.1) is 0 Å². The molecule has 0 saturated heterocycles. The van der Waals surface area contributed by atoms with Gasteiger partial charge in [-0.15, -0.1) is 0 Å². The summed E-state index contributed by atoms with van der Waals surface area (Å²) in [5.74, 6) is -0.831. The van der Waals surface area contributed by atoms with E-state index in [4.69, 9.17) is 4.74 Å². The summed E-state index contributed by atoms with van der Waals surface area (Å²) in [6.07, 6.45) is -4.24. The number of halogens is 3. The van der Waals surface area contributed by atoms with Gasteiger partial charge in [0.05, 0.1) is 11.0 Å². The van der Waals surface area contributed by atoms with Crippen molar-refractivity contribution >= 4 is 21.7 Å². The molecule has 3 rings (SSSR count). The first-order valence-electron chi connectivity index (χ1n) is 9.64. The molecule has 0 bridgehead atoms. The number of sulfonamides is 1. The van der Waals surface area contributed by atoms with Gasteiger partial charge in [0.15, 0.2) is 0 Å². The van der Waals surface area contributed by atoms with Crippen LogP contribution in [0.15, 0.2) is 35.4 Å². The van der Waals surface area contributed by atoms with Crippen LogP contribution in [0.25, 0.3) is 0 Å². The van der Waals surface area contributed by atoms with Crippen LogP contribution < -0.4 is 14.8 Å². The molecular weight excluding hydrogens is 437 g/mol. The van der Waals surface area contributed by atoms with E-state index in [2.05, 4.69) is 20.0 Å². The molecule has 1 fully saturated rings. The summed E-state index contributed by atoms with van der Waals surface area (Å²) < 4.78 is 72.1. The molecular formula is C19H23F3N4O4S. The topological polar surface area (TPSA) is 113 Å². The Morgan fingerprint density at radius 1 is 1.19 bits per heavy atom. The summed E-state index contributed by atoms with van der Waals surface area (Å²) in [6, 6.07) is 5.31. The minimum Gasteiger partial charge on any atom is -0.471 e. The van der Waals surface area contributed by atoms with E-state index in [0.29, 0.717) is 31.1 Å². The van der Waals surface area contributed by atoms with Crippen molar-refractivity contribution in [3.63, 3.8) is 0 Å². The number of hydrogen-bond acceptors (Lipinski definition) is 7. The molecule has 8 nitrogen and oxygen atoms in total. The Morgan fingerprint density at radius 2 is 1.87 bits per heavy atom. The molecule has 0 spiro atoms. The molecule has 0 unspecified atom stereocenters.